The monoisotopic (exact) mass is 479 g/mol. The van der Waals surface area contributed by atoms with Gasteiger partial charge in [0.05, 0.1) is 25.2 Å². The quantitative estimate of drug-likeness (QED) is 0.423. The molecule has 1 fully saturated rings. The fourth-order valence-corrected chi connectivity index (χ4v) is 4.95. The highest BCUT2D eigenvalue weighted by Gasteiger charge is 2.21. The average Bonchev–Trinajstić information content (AvgIpc) is 3.20. The molecule has 0 aliphatic carbocycles. The van der Waals surface area contributed by atoms with Crippen LogP contribution in [0.1, 0.15) is 10.4 Å². The number of anilines is 1. The molecule has 11 heteroatoms. The topological polar surface area (TPSA) is 91.6 Å². The minimum absolute atomic E-state index is 0.107. The fourth-order valence-electron chi connectivity index (χ4n) is 3.42. The number of nitrogens with one attached hydrogen (secondary N) is 1. The first-order chi connectivity index (χ1) is 14.9. The highest BCUT2D eigenvalue weighted by molar-refractivity contribution is 7.22. The number of halogens is 2. The zero-order valence-electron chi connectivity index (χ0n) is 16.4. The predicted octanol–water partition coefficient (Wildman–Crippen LogP) is 4.06. The van der Waals surface area contributed by atoms with E-state index in [2.05, 4.69) is 20.1 Å². The van der Waals surface area contributed by atoms with Gasteiger partial charge in [0, 0.05) is 51.4 Å². The minimum atomic E-state index is -0.550. The number of rotatable bonds is 6. The van der Waals surface area contributed by atoms with Crippen molar-refractivity contribution in [3.8, 4) is 0 Å². The van der Waals surface area contributed by atoms with Gasteiger partial charge < -0.3 is 10.2 Å². The summed E-state index contributed by atoms with van der Waals surface area (Å²) in [5, 5.41) is 15.5. The highest BCUT2D eigenvalue weighted by atomic mass is 35.5. The second-order valence-electron chi connectivity index (χ2n) is 7.09. The van der Waals surface area contributed by atoms with E-state index in [0.29, 0.717) is 18.1 Å². The van der Waals surface area contributed by atoms with Gasteiger partial charge in [0.25, 0.3) is 11.6 Å². The van der Waals surface area contributed by atoms with Gasteiger partial charge in [0.1, 0.15) is 5.52 Å². The SMILES string of the molecule is O=C(NCCN1CCN(c2nc3c(Cl)cccc3s2)CC1)c1cc([N+](=O)[O-])ccc1Cl. The predicted molar refractivity (Wildman–Crippen MR) is 124 cm³/mol. The third-order valence-electron chi connectivity index (χ3n) is 5.12. The Kier molecular flexibility index (Phi) is 6.57. The Balaban J connectivity index is 1.28. The molecule has 1 saturated heterocycles. The van der Waals surface area contributed by atoms with Crippen LogP contribution < -0.4 is 10.2 Å². The molecule has 3 aromatic rings. The number of aromatic nitrogens is 1. The maximum absolute atomic E-state index is 12.4. The number of fused-ring (bicyclic) bond motifs is 1. The Morgan fingerprint density at radius 1 is 1.16 bits per heavy atom. The summed E-state index contributed by atoms with van der Waals surface area (Å²) in [4.78, 5) is 31.9. The Bertz CT molecular complexity index is 1130. The molecule has 0 radical (unpaired) electrons. The van der Waals surface area contributed by atoms with Crippen molar-refractivity contribution in [1.82, 2.24) is 15.2 Å². The summed E-state index contributed by atoms with van der Waals surface area (Å²) in [6.45, 7) is 4.46. The normalized spacial score (nSPS) is 14.7. The molecular weight excluding hydrogens is 461 g/mol. The van der Waals surface area contributed by atoms with Gasteiger partial charge in [-0.05, 0) is 18.2 Å². The maximum atomic E-state index is 12.4. The van der Waals surface area contributed by atoms with Gasteiger partial charge in [-0.15, -0.1) is 0 Å². The molecule has 4 rings (SSSR count). The first-order valence-corrected chi connectivity index (χ1v) is 11.2. The molecule has 0 unspecified atom stereocenters. The van der Waals surface area contributed by atoms with E-state index in [1.807, 2.05) is 18.2 Å². The van der Waals surface area contributed by atoms with Gasteiger partial charge in [0.15, 0.2) is 5.13 Å². The van der Waals surface area contributed by atoms with Crippen LogP contribution in [0.15, 0.2) is 36.4 Å². The van der Waals surface area contributed by atoms with E-state index in [9.17, 15) is 14.9 Å². The van der Waals surface area contributed by atoms with Crippen molar-refractivity contribution in [3.05, 3.63) is 62.1 Å². The molecule has 1 aliphatic rings. The molecule has 1 aromatic heterocycles. The van der Waals surface area contributed by atoms with E-state index in [4.69, 9.17) is 23.2 Å². The molecule has 1 N–H and O–H groups in total. The summed E-state index contributed by atoms with van der Waals surface area (Å²) >= 11 is 13.9. The summed E-state index contributed by atoms with van der Waals surface area (Å²) < 4.78 is 1.08. The minimum Gasteiger partial charge on any atom is -0.351 e. The van der Waals surface area contributed by atoms with Crippen molar-refractivity contribution >= 4 is 61.5 Å². The van der Waals surface area contributed by atoms with E-state index < -0.39 is 10.8 Å². The standard InChI is InChI=1S/C20H19Cl2N5O3S/c21-15-5-4-13(27(29)30)12-14(15)19(28)23-6-7-25-8-10-26(11-9-25)20-24-18-16(22)2-1-3-17(18)31-20/h1-5,12H,6-11H2,(H,23,28). The van der Waals surface area contributed by atoms with Gasteiger partial charge >= 0.3 is 0 Å². The third kappa shape index (κ3) is 4.90. The third-order valence-corrected chi connectivity index (χ3v) is 6.84. The molecule has 1 amide bonds. The number of non-ortho nitro benzene ring substituents is 1. The van der Waals surface area contributed by atoms with Crippen molar-refractivity contribution in [2.24, 2.45) is 0 Å². The summed E-state index contributed by atoms with van der Waals surface area (Å²) in [6.07, 6.45) is 0. The number of carbonyl (C=O) groups excluding carboxylic acids is 1. The molecule has 162 valence electrons. The van der Waals surface area contributed by atoms with Crippen LogP contribution in [0.3, 0.4) is 0 Å². The number of para-hydroxylation sites is 1. The Labute approximate surface area is 192 Å². The zero-order chi connectivity index (χ0) is 22.0. The first kappa shape index (κ1) is 21.8. The molecule has 0 spiro atoms. The lowest BCUT2D eigenvalue weighted by Gasteiger charge is -2.34. The Morgan fingerprint density at radius 2 is 1.94 bits per heavy atom. The average molecular weight is 480 g/mol. The van der Waals surface area contributed by atoms with E-state index in [1.54, 1.807) is 11.3 Å². The van der Waals surface area contributed by atoms with Crippen molar-refractivity contribution < 1.29 is 9.72 Å². The van der Waals surface area contributed by atoms with E-state index in [-0.39, 0.29) is 16.3 Å². The lowest BCUT2D eigenvalue weighted by atomic mass is 10.2. The van der Waals surface area contributed by atoms with Crippen molar-refractivity contribution in [3.63, 3.8) is 0 Å². The second-order valence-corrected chi connectivity index (χ2v) is 8.91. The Hall–Kier alpha value is -2.46. The molecule has 2 aromatic carbocycles. The lowest BCUT2D eigenvalue weighted by molar-refractivity contribution is -0.384. The number of nitro benzene ring substituents is 1. The maximum Gasteiger partial charge on any atom is 0.270 e. The summed E-state index contributed by atoms with van der Waals surface area (Å²) in [6, 6.07) is 9.64. The highest BCUT2D eigenvalue weighted by Crippen LogP contribution is 2.33. The van der Waals surface area contributed by atoms with Crippen LogP contribution in [0, 0.1) is 10.1 Å². The summed E-state index contributed by atoms with van der Waals surface area (Å²) in [5.41, 5.74) is 0.783. The molecular formula is C20H19Cl2N5O3S. The largest absolute Gasteiger partial charge is 0.351 e. The number of carbonyl (C=O) groups is 1. The fraction of sp³-hybridized carbons (Fsp3) is 0.300. The van der Waals surface area contributed by atoms with E-state index >= 15 is 0 Å². The van der Waals surface area contributed by atoms with Crippen molar-refractivity contribution in [2.75, 3.05) is 44.2 Å². The number of hydrogen-bond donors (Lipinski definition) is 1. The number of nitro groups is 1. The van der Waals surface area contributed by atoms with Gasteiger partial charge in [-0.3, -0.25) is 19.8 Å². The lowest BCUT2D eigenvalue weighted by Crippen LogP contribution is -2.48. The molecule has 0 atom stereocenters. The summed E-state index contributed by atoms with van der Waals surface area (Å²) in [7, 11) is 0. The van der Waals surface area contributed by atoms with Crippen LogP contribution in [0.25, 0.3) is 10.2 Å². The number of thiazole rings is 1. The molecule has 0 saturated carbocycles. The van der Waals surface area contributed by atoms with Crippen LogP contribution >= 0.6 is 34.5 Å². The zero-order valence-corrected chi connectivity index (χ0v) is 18.7. The number of piperazine rings is 1. The van der Waals surface area contributed by atoms with Crippen molar-refractivity contribution in [2.45, 2.75) is 0 Å². The Morgan fingerprint density at radius 3 is 2.65 bits per heavy atom. The number of benzene rings is 2. The van der Waals surface area contributed by atoms with Gasteiger partial charge in [-0.1, -0.05) is 40.6 Å². The molecule has 2 heterocycles. The second kappa shape index (κ2) is 9.35. The van der Waals surface area contributed by atoms with Crippen LogP contribution in [-0.2, 0) is 0 Å². The molecule has 0 bridgehead atoms. The number of hydrogen-bond acceptors (Lipinski definition) is 7. The van der Waals surface area contributed by atoms with Gasteiger partial charge in [0.2, 0.25) is 0 Å². The number of nitrogens with zero attached hydrogens (tertiary/aromatic N) is 4. The van der Waals surface area contributed by atoms with Crippen LogP contribution in [-0.4, -0.2) is 60.0 Å². The van der Waals surface area contributed by atoms with Crippen LogP contribution in [0.2, 0.25) is 10.0 Å². The summed E-state index contributed by atoms with van der Waals surface area (Å²) in [5.74, 6) is -0.418. The number of amides is 1. The van der Waals surface area contributed by atoms with E-state index in [1.165, 1.54) is 18.2 Å². The smallest absolute Gasteiger partial charge is 0.270 e. The van der Waals surface area contributed by atoms with Gasteiger partial charge in [-0.25, -0.2) is 4.98 Å². The molecule has 8 nitrogen and oxygen atoms in total. The van der Waals surface area contributed by atoms with Gasteiger partial charge in [-0.2, -0.15) is 0 Å². The van der Waals surface area contributed by atoms with Crippen molar-refractivity contribution in [1.29, 1.82) is 0 Å². The van der Waals surface area contributed by atoms with Crippen LogP contribution in [0.4, 0.5) is 10.8 Å². The van der Waals surface area contributed by atoms with E-state index in [0.717, 1.165) is 41.5 Å². The first-order valence-electron chi connectivity index (χ1n) is 9.67. The molecule has 1 aliphatic heterocycles. The molecule has 31 heavy (non-hydrogen) atoms. The van der Waals surface area contributed by atoms with Crippen LogP contribution in [0.5, 0.6) is 0 Å².